The highest BCUT2D eigenvalue weighted by atomic mass is 16.2. The second kappa shape index (κ2) is 6.22. The van der Waals surface area contributed by atoms with Crippen LogP contribution in [0.5, 0.6) is 0 Å². The first kappa shape index (κ1) is 11.8. The zero-order valence-corrected chi connectivity index (χ0v) is 9.18. The van der Waals surface area contributed by atoms with Gasteiger partial charge in [-0.05, 0) is 24.8 Å². The van der Waals surface area contributed by atoms with Gasteiger partial charge in [0.2, 0.25) is 0 Å². The van der Waals surface area contributed by atoms with Crippen LogP contribution in [0.25, 0.3) is 0 Å². The van der Waals surface area contributed by atoms with E-state index in [2.05, 4.69) is 10.6 Å². The van der Waals surface area contributed by atoms with Crippen LogP contribution in [0.15, 0.2) is 11.8 Å². The molecule has 0 aliphatic heterocycles. The fraction of sp³-hybridized carbons (Fsp3) is 0.636. The predicted octanol–water partition coefficient (Wildman–Crippen LogP) is 1.05. The lowest BCUT2D eigenvalue weighted by Gasteiger charge is -2.11. The third-order valence-electron chi connectivity index (χ3n) is 2.79. The monoisotopic (exact) mass is 209 g/mol. The van der Waals surface area contributed by atoms with Crippen LogP contribution in [0.1, 0.15) is 25.7 Å². The molecule has 0 saturated heterocycles. The molecule has 1 saturated carbocycles. The molecule has 0 unspecified atom stereocenters. The minimum absolute atomic E-state index is 0.118. The maximum Gasteiger partial charge on any atom is 0.267 e. The van der Waals surface area contributed by atoms with Gasteiger partial charge in [-0.15, -0.1) is 0 Å². The van der Waals surface area contributed by atoms with Crippen LogP contribution in [-0.4, -0.2) is 25.7 Å². The maximum atomic E-state index is 11.6. The van der Waals surface area contributed by atoms with Crippen molar-refractivity contribution in [2.45, 2.75) is 25.7 Å². The molecule has 0 bridgehead atoms. The topological polar surface area (TPSA) is 65.0 Å². The number of hydrogen-bond acceptors (Lipinski definition) is 3. The van der Waals surface area contributed by atoms with Crippen molar-refractivity contribution in [2.75, 3.05) is 13.6 Å². The van der Waals surface area contributed by atoms with Gasteiger partial charge >= 0.3 is 0 Å². The van der Waals surface area contributed by atoms with Crippen LogP contribution >= 0.6 is 0 Å². The quantitative estimate of drug-likeness (QED) is 0.468. The standard InChI is InChI=1S/C11H19N3O/c1-13-10(6-7-12)11(15)14-8-9-4-2-3-5-9/h6-7,9,12-13H,2-5,8H2,1H3,(H,14,15)/b10-6-,12-7?. The zero-order chi connectivity index (χ0) is 11.1. The maximum absolute atomic E-state index is 11.6. The Morgan fingerprint density at radius 1 is 1.47 bits per heavy atom. The van der Waals surface area contributed by atoms with Gasteiger partial charge in [0.25, 0.3) is 5.91 Å². The van der Waals surface area contributed by atoms with Gasteiger partial charge in [-0.3, -0.25) is 4.79 Å². The summed E-state index contributed by atoms with van der Waals surface area (Å²) in [4.78, 5) is 11.6. The molecule has 3 N–H and O–H groups in total. The number of rotatable bonds is 5. The average Bonchev–Trinajstić information content (AvgIpc) is 2.75. The molecule has 0 atom stereocenters. The van der Waals surface area contributed by atoms with E-state index in [4.69, 9.17) is 5.41 Å². The van der Waals surface area contributed by atoms with Crippen molar-refractivity contribution in [1.82, 2.24) is 10.6 Å². The minimum Gasteiger partial charge on any atom is -0.384 e. The van der Waals surface area contributed by atoms with E-state index in [0.717, 1.165) is 12.8 Å². The summed E-state index contributed by atoms with van der Waals surface area (Å²) in [7, 11) is 1.69. The summed E-state index contributed by atoms with van der Waals surface area (Å²) in [6.07, 6.45) is 7.60. The van der Waals surface area contributed by atoms with Crippen LogP contribution in [0.3, 0.4) is 0 Å². The molecule has 15 heavy (non-hydrogen) atoms. The van der Waals surface area contributed by atoms with Crippen molar-refractivity contribution in [2.24, 2.45) is 5.92 Å². The van der Waals surface area contributed by atoms with E-state index in [0.29, 0.717) is 11.6 Å². The molecule has 4 nitrogen and oxygen atoms in total. The van der Waals surface area contributed by atoms with Crippen molar-refractivity contribution < 1.29 is 4.79 Å². The van der Waals surface area contributed by atoms with E-state index < -0.39 is 0 Å². The summed E-state index contributed by atoms with van der Waals surface area (Å²) in [5.41, 5.74) is 0.447. The fourth-order valence-electron chi connectivity index (χ4n) is 1.90. The number of carbonyl (C=O) groups is 1. The Hall–Kier alpha value is -1.32. The molecule has 0 spiro atoms. The molecule has 0 radical (unpaired) electrons. The van der Waals surface area contributed by atoms with Crippen molar-refractivity contribution in [3.63, 3.8) is 0 Å². The molecule has 1 rings (SSSR count). The molecule has 0 aromatic heterocycles. The SMILES string of the molecule is CN/C(=C\C=N)C(=O)NCC1CCCC1. The lowest BCUT2D eigenvalue weighted by atomic mass is 10.1. The van der Waals surface area contributed by atoms with Crippen LogP contribution in [-0.2, 0) is 4.79 Å². The summed E-state index contributed by atoms with van der Waals surface area (Å²) in [5.74, 6) is 0.528. The van der Waals surface area contributed by atoms with Gasteiger partial charge < -0.3 is 16.0 Å². The summed E-state index contributed by atoms with van der Waals surface area (Å²) < 4.78 is 0. The molecule has 1 fully saturated rings. The third kappa shape index (κ3) is 3.73. The van der Waals surface area contributed by atoms with Crippen LogP contribution in [0, 0.1) is 11.3 Å². The van der Waals surface area contributed by atoms with E-state index in [-0.39, 0.29) is 5.91 Å². The van der Waals surface area contributed by atoms with Crippen LogP contribution < -0.4 is 10.6 Å². The number of allylic oxidation sites excluding steroid dienone is 1. The Kier molecular flexibility index (Phi) is 4.87. The number of nitrogens with one attached hydrogen (secondary N) is 3. The average molecular weight is 209 g/mol. The Bertz CT molecular complexity index is 255. The van der Waals surface area contributed by atoms with Crippen molar-refractivity contribution >= 4 is 12.1 Å². The number of carbonyl (C=O) groups excluding carboxylic acids is 1. The van der Waals surface area contributed by atoms with E-state index in [1.807, 2.05) is 0 Å². The molecule has 1 amide bonds. The Labute approximate surface area is 90.6 Å². The van der Waals surface area contributed by atoms with Crippen LogP contribution in [0.2, 0.25) is 0 Å². The van der Waals surface area contributed by atoms with Crippen LogP contribution in [0.4, 0.5) is 0 Å². The van der Waals surface area contributed by atoms with E-state index in [1.54, 1.807) is 7.05 Å². The molecular weight excluding hydrogens is 190 g/mol. The molecule has 0 aromatic rings. The second-order valence-corrected chi connectivity index (χ2v) is 3.86. The predicted molar refractivity (Wildman–Crippen MR) is 60.9 cm³/mol. The summed E-state index contributed by atoms with van der Waals surface area (Å²) >= 11 is 0. The van der Waals surface area contributed by atoms with Crippen molar-refractivity contribution in [1.29, 1.82) is 5.41 Å². The van der Waals surface area contributed by atoms with Crippen molar-refractivity contribution in [3.8, 4) is 0 Å². The largest absolute Gasteiger partial charge is 0.384 e. The molecule has 84 valence electrons. The fourth-order valence-corrected chi connectivity index (χ4v) is 1.90. The first-order chi connectivity index (χ1) is 7.27. The highest BCUT2D eigenvalue weighted by molar-refractivity contribution is 5.96. The first-order valence-corrected chi connectivity index (χ1v) is 5.44. The molecule has 4 heteroatoms. The Morgan fingerprint density at radius 3 is 2.67 bits per heavy atom. The van der Waals surface area contributed by atoms with Crippen molar-refractivity contribution in [3.05, 3.63) is 11.8 Å². The molecule has 1 aliphatic carbocycles. The van der Waals surface area contributed by atoms with Gasteiger partial charge in [0.15, 0.2) is 0 Å². The highest BCUT2D eigenvalue weighted by Crippen LogP contribution is 2.23. The molecule has 0 aromatic carbocycles. The van der Waals surface area contributed by atoms with E-state index in [1.165, 1.54) is 31.8 Å². The molecular formula is C11H19N3O. The van der Waals surface area contributed by atoms with Gasteiger partial charge in [0, 0.05) is 19.8 Å². The second-order valence-electron chi connectivity index (χ2n) is 3.86. The smallest absolute Gasteiger partial charge is 0.267 e. The lowest BCUT2D eigenvalue weighted by Crippen LogP contribution is -2.33. The number of likely N-dealkylation sites (N-methyl/N-ethyl adjacent to an activating group) is 1. The van der Waals surface area contributed by atoms with E-state index in [9.17, 15) is 4.79 Å². The lowest BCUT2D eigenvalue weighted by molar-refractivity contribution is -0.118. The van der Waals surface area contributed by atoms with Gasteiger partial charge in [0.1, 0.15) is 5.70 Å². The van der Waals surface area contributed by atoms with E-state index >= 15 is 0 Å². The summed E-state index contributed by atoms with van der Waals surface area (Å²) in [6.45, 7) is 0.760. The summed E-state index contributed by atoms with van der Waals surface area (Å²) in [6, 6.07) is 0. The molecule has 1 aliphatic rings. The third-order valence-corrected chi connectivity index (χ3v) is 2.79. The number of amides is 1. The van der Waals surface area contributed by atoms with Gasteiger partial charge in [-0.2, -0.15) is 0 Å². The minimum atomic E-state index is -0.118. The Balaban J connectivity index is 2.33. The summed E-state index contributed by atoms with van der Waals surface area (Å²) in [5, 5.41) is 12.6. The normalized spacial score (nSPS) is 17.5. The highest BCUT2D eigenvalue weighted by Gasteiger charge is 2.16. The van der Waals surface area contributed by atoms with Gasteiger partial charge in [-0.1, -0.05) is 12.8 Å². The van der Waals surface area contributed by atoms with Gasteiger partial charge in [0.05, 0.1) is 0 Å². The number of hydrogen-bond donors (Lipinski definition) is 3. The van der Waals surface area contributed by atoms with Gasteiger partial charge in [-0.25, -0.2) is 0 Å². The Morgan fingerprint density at radius 2 is 2.13 bits per heavy atom. The molecule has 0 heterocycles. The zero-order valence-electron chi connectivity index (χ0n) is 9.18. The first-order valence-electron chi connectivity index (χ1n) is 5.44.